The maximum atomic E-state index is 9.28. The Morgan fingerprint density at radius 1 is 1.10 bits per heavy atom. The molecule has 0 spiro atoms. The molecule has 0 amide bonds. The average molecular weight is 339 g/mol. The molecule has 1 aromatic heterocycles. The van der Waals surface area contributed by atoms with Gasteiger partial charge in [-0.25, -0.2) is 0 Å². The van der Waals surface area contributed by atoms with Gasteiger partial charge in [-0.1, -0.05) is 46.3 Å². The quantitative estimate of drug-likeness (QED) is 0.708. The highest BCUT2D eigenvalue weighted by Gasteiger charge is 2.11. The number of nitriles is 1. The van der Waals surface area contributed by atoms with Crippen LogP contribution in [0.5, 0.6) is 5.75 Å². The van der Waals surface area contributed by atoms with Crippen LogP contribution in [0.4, 0.5) is 0 Å². The zero-order chi connectivity index (χ0) is 14.7. The van der Waals surface area contributed by atoms with Crippen LogP contribution in [0.3, 0.4) is 0 Å². The summed E-state index contributed by atoms with van der Waals surface area (Å²) in [6.07, 6.45) is 3.29. The lowest BCUT2D eigenvalue weighted by atomic mass is 10.1. The highest BCUT2D eigenvalue weighted by molar-refractivity contribution is 9.10. The highest BCUT2D eigenvalue weighted by Crippen LogP contribution is 2.33. The molecule has 0 aliphatic heterocycles. The first kappa shape index (κ1) is 13.6. The van der Waals surface area contributed by atoms with Gasteiger partial charge in [-0.05, 0) is 17.7 Å². The fourth-order valence-corrected chi connectivity index (χ4v) is 2.60. The number of pyridine rings is 1. The Balaban J connectivity index is 2.03. The summed E-state index contributed by atoms with van der Waals surface area (Å²) in [6, 6.07) is 15.9. The van der Waals surface area contributed by atoms with Gasteiger partial charge in [0.25, 0.3) is 0 Å². The lowest BCUT2D eigenvalue weighted by molar-refractivity contribution is 0.310. The Morgan fingerprint density at radius 2 is 1.90 bits per heavy atom. The Hall–Kier alpha value is -2.38. The van der Waals surface area contributed by atoms with Crippen LogP contribution in [0.2, 0.25) is 0 Å². The molecule has 21 heavy (non-hydrogen) atoms. The summed E-state index contributed by atoms with van der Waals surface area (Å²) in [4.78, 5) is 4.10. The topological polar surface area (TPSA) is 45.9 Å². The maximum Gasteiger partial charge on any atom is 0.129 e. The average Bonchev–Trinajstić information content (AvgIpc) is 2.55. The van der Waals surface area contributed by atoms with Crippen molar-refractivity contribution in [2.45, 2.75) is 6.61 Å². The third kappa shape index (κ3) is 2.74. The van der Waals surface area contributed by atoms with Crippen LogP contribution in [0.15, 0.2) is 59.3 Å². The second-order valence-corrected chi connectivity index (χ2v) is 5.40. The summed E-state index contributed by atoms with van der Waals surface area (Å²) in [7, 11) is 0. The minimum atomic E-state index is 0.463. The largest absolute Gasteiger partial charge is 0.488 e. The summed E-state index contributed by atoms with van der Waals surface area (Å²) < 4.78 is 6.80. The van der Waals surface area contributed by atoms with Crippen molar-refractivity contribution in [1.29, 1.82) is 5.26 Å². The third-order valence-electron chi connectivity index (χ3n) is 3.19. The van der Waals surface area contributed by atoms with Crippen molar-refractivity contribution in [1.82, 2.24) is 4.98 Å². The predicted octanol–water partition coefficient (Wildman–Crippen LogP) is 4.45. The molecule has 0 unspecified atom stereocenters. The van der Waals surface area contributed by atoms with Crippen molar-refractivity contribution in [2.24, 2.45) is 0 Å². The molecule has 0 bridgehead atoms. The molecule has 0 aliphatic rings. The van der Waals surface area contributed by atoms with Crippen LogP contribution < -0.4 is 4.74 Å². The van der Waals surface area contributed by atoms with Crippen LogP contribution in [0, 0.1) is 11.3 Å². The van der Waals surface area contributed by atoms with E-state index in [2.05, 4.69) is 27.0 Å². The molecule has 3 rings (SSSR count). The molecule has 1 heterocycles. The lowest BCUT2D eigenvalue weighted by Crippen LogP contribution is -1.97. The van der Waals surface area contributed by atoms with Crippen LogP contribution in [-0.2, 0) is 6.61 Å². The van der Waals surface area contributed by atoms with Crippen LogP contribution >= 0.6 is 15.9 Å². The molecule has 3 aromatic rings. The molecule has 0 N–H and O–H groups in total. The zero-order valence-corrected chi connectivity index (χ0v) is 12.7. The van der Waals surface area contributed by atoms with E-state index in [0.717, 1.165) is 20.8 Å². The van der Waals surface area contributed by atoms with E-state index < -0.39 is 0 Å². The van der Waals surface area contributed by atoms with Gasteiger partial charge in [0.2, 0.25) is 0 Å². The van der Waals surface area contributed by atoms with Gasteiger partial charge in [0.05, 0.1) is 5.56 Å². The van der Waals surface area contributed by atoms with Crippen molar-refractivity contribution >= 4 is 26.7 Å². The summed E-state index contributed by atoms with van der Waals surface area (Å²) in [5.74, 6) is 0.691. The van der Waals surface area contributed by atoms with E-state index >= 15 is 0 Å². The number of benzene rings is 2. The maximum absolute atomic E-state index is 9.28. The second-order valence-electron chi connectivity index (χ2n) is 4.54. The Morgan fingerprint density at radius 3 is 2.67 bits per heavy atom. The van der Waals surface area contributed by atoms with Crippen LogP contribution in [0.25, 0.3) is 10.8 Å². The standard InChI is InChI=1S/C17H11BrN2O/c18-15-6-7-16(21-11-12-4-2-1-3-5-12)17-13(8-19)9-20-10-14(15)17/h1-7,9-10H,11H2. The monoisotopic (exact) mass is 338 g/mol. The Bertz CT molecular complexity index is 825. The molecule has 0 saturated heterocycles. The molecular formula is C17H11BrN2O. The number of aromatic nitrogens is 1. The van der Waals surface area contributed by atoms with Crippen molar-refractivity contribution in [3.05, 3.63) is 70.5 Å². The fourth-order valence-electron chi connectivity index (χ4n) is 2.17. The Kier molecular flexibility index (Phi) is 3.85. The fraction of sp³-hybridized carbons (Fsp3) is 0.0588. The minimum absolute atomic E-state index is 0.463. The number of halogens is 1. The molecule has 0 saturated carbocycles. The van der Waals surface area contributed by atoms with Crippen molar-refractivity contribution < 1.29 is 4.74 Å². The number of hydrogen-bond acceptors (Lipinski definition) is 3. The number of hydrogen-bond donors (Lipinski definition) is 0. The van der Waals surface area contributed by atoms with E-state index in [9.17, 15) is 5.26 Å². The normalized spacial score (nSPS) is 10.3. The molecular weight excluding hydrogens is 328 g/mol. The molecule has 102 valence electrons. The van der Waals surface area contributed by atoms with Crippen LogP contribution in [-0.4, -0.2) is 4.98 Å². The summed E-state index contributed by atoms with van der Waals surface area (Å²) in [5, 5.41) is 10.9. The number of ether oxygens (including phenoxy) is 1. The molecule has 0 atom stereocenters. The van der Waals surface area contributed by atoms with E-state index in [4.69, 9.17) is 4.74 Å². The third-order valence-corrected chi connectivity index (χ3v) is 3.88. The lowest BCUT2D eigenvalue weighted by Gasteiger charge is -2.11. The van der Waals surface area contributed by atoms with Gasteiger partial charge < -0.3 is 4.74 Å². The van der Waals surface area contributed by atoms with Gasteiger partial charge in [-0.3, -0.25) is 4.98 Å². The smallest absolute Gasteiger partial charge is 0.129 e. The van der Waals surface area contributed by atoms with Gasteiger partial charge >= 0.3 is 0 Å². The van der Waals surface area contributed by atoms with E-state index in [-0.39, 0.29) is 0 Å². The zero-order valence-electron chi connectivity index (χ0n) is 11.1. The molecule has 4 heteroatoms. The number of nitrogens with zero attached hydrogens (tertiary/aromatic N) is 2. The van der Waals surface area contributed by atoms with Crippen LogP contribution in [0.1, 0.15) is 11.1 Å². The second kappa shape index (κ2) is 5.94. The summed E-state index contributed by atoms with van der Waals surface area (Å²) in [5.41, 5.74) is 1.60. The molecule has 2 aromatic carbocycles. The SMILES string of the molecule is N#Cc1cncc2c(Br)ccc(OCc3ccccc3)c12. The Labute approximate surface area is 130 Å². The van der Waals surface area contributed by atoms with Gasteiger partial charge in [0.1, 0.15) is 18.4 Å². The first-order chi connectivity index (χ1) is 10.3. The number of fused-ring (bicyclic) bond motifs is 1. The molecule has 0 fully saturated rings. The first-order valence-electron chi connectivity index (χ1n) is 6.42. The van der Waals surface area contributed by atoms with Gasteiger partial charge in [0, 0.05) is 27.6 Å². The molecule has 3 nitrogen and oxygen atoms in total. The molecule has 0 radical (unpaired) electrons. The van der Waals surface area contributed by atoms with Gasteiger partial charge in [-0.2, -0.15) is 5.26 Å². The predicted molar refractivity (Wildman–Crippen MR) is 84.9 cm³/mol. The van der Waals surface area contributed by atoms with Gasteiger partial charge in [-0.15, -0.1) is 0 Å². The van der Waals surface area contributed by atoms with Crippen molar-refractivity contribution in [3.8, 4) is 11.8 Å². The van der Waals surface area contributed by atoms with Crippen molar-refractivity contribution in [3.63, 3.8) is 0 Å². The summed E-state index contributed by atoms with van der Waals surface area (Å²) >= 11 is 3.49. The first-order valence-corrected chi connectivity index (χ1v) is 7.22. The molecule has 0 aliphatic carbocycles. The highest BCUT2D eigenvalue weighted by atomic mass is 79.9. The number of rotatable bonds is 3. The van der Waals surface area contributed by atoms with E-state index in [0.29, 0.717) is 17.9 Å². The van der Waals surface area contributed by atoms with E-state index in [1.54, 1.807) is 12.4 Å². The summed E-state index contributed by atoms with van der Waals surface area (Å²) in [6.45, 7) is 0.463. The van der Waals surface area contributed by atoms with Crippen molar-refractivity contribution in [2.75, 3.05) is 0 Å². The van der Waals surface area contributed by atoms with Gasteiger partial charge in [0.15, 0.2) is 0 Å². The van der Waals surface area contributed by atoms with E-state index in [1.165, 1.54) is 0 Å². The minimum Gasteiger partial charge on any atom is -0.488 e. The van der Waals surface area contributed by atoms with E-state index in [1.807, 2.05) is 42.5 Å².